The molecule has 0 amide bonds. The molecule has 0 bridgehead atoms. The Bertz CT molecular complexity index is 1140. The zero-order valence-corrected chi connectivity index (χ0v) is 27.2. The van der Waals surface area contributed by atoms with Crippen LogP contribution in [0.3, 0.4) is 0 Å². The van der Waals surface area contributed by atoms with Crippen molar-refractivity contribution in [3.63, 3.8) is 0 Å². The van der Waals surface area contributed by atoms with Gasteiger partial charge in [-0.25, -0.2) is 0 Å². The molecule has 7 nitrogen and oxygen atoms in total. The molecule has 218 valence electrons. The smallest absolute Gasteiger partial charge is 0.489 e. The molecule has 1 aromatic heterocycles. The van der Waals surface area contributed by atoms with Crippen molar-refractivity contribution in [2.75, 3.05) is 13.1 Å². The Kier molecular flexibility index (Phi) is 9.01. The highest BCUT2D eigenvalue weighted by atomic mass is 28.4. The molecule has 0 saturated carbocycles. The van der Waals surface area contributed by atoms with Crippen molar-refractivity contribution >= 4 is 27.9 Å². The van der Waals surface area contributed by atoms with Crippen LogP contribution in [-0.4, -0.2) is 67.7 Å². The van der Waals surface area contributed by atoms with Crippen molar-refractivity contribution in [3.8, 4) is 5.75 Å². The third-order valence-corrected chi connectivity index (χ3v) is 13.8. The Labute approximate surface area is 243 Å². The summed E-state index contributed by atoms with van der Waals surface area (Å²) in [6.07, 6.45) is 5.19. The van der Waals surface area contributed by atoms with E-state index in [1.54, 1.807) is 6.20 Å². The molecule has 40 heavy (non-hydrogen) atoms. The van der Waals surface area contributed by atoms with Crippen LogP contribution in [-0.2, 0) is 20.2 Å². The topological polar surface area (TPSA) is 73.3 Å². The van der Waals surface area contributed by atoms with Gasteiger partial charge in [0.2, 0.25) is 0 Å². The van der Waals surface area contributed by atoms with Crippen LogP contribution in [0.2, 0.25) is 25.0 Å². The molecule has 0 radical (unpaired) electrons. The number of rotatable bonds is 9. The van der Waals surface area contributed by atoms with Crippen LogP contribution in [0, 0.1) is 0 Å². The van der Waals surface area contributed by atoms with E-state index >= 15 is 0 Å². The SMILES string of the molecule is CB(O)N(C[C@@H]1CCc2cc(B3OC(C)(C)C(C)(C)O3)ccc2O1)C[C@@H](O[Si](C)(C)C(C)(C)C)c1cccnc1. The second-order valence-corrected chi connectivity index (χ2v) is 18.7. The van der Waals surface area contributed by atoms with Gasteiger partial charge in [0.15, 0.2) is 8.32 Å². The quantitative estimate of drug-likeness (QED) is 0.416. The number of aryl methyl sites for hydroxylation is 1. The molecule has 1 fully saturated rings. The highest BCUT2D eigenvalue weighted by molar-refractivity contribution is 6.74. The van der Waals surface area contributed by atoms with Crippen LogP contribution in [0.5, 0.6) is 5.75 Å². The molecule has 2 atom stereocenters. The minimum absolute atomic E-state index is 0.0350. The Morgan fingerprint density at radius 3 is 2.42 bits per heavy atom. The van der Waals surface area contributed by atoms with Crippen LogP contribution in [0.15, 0.2) is 42.7 Å². The molecule has 1 N–H and O–H groups in total. The number of ether oxygens (including phenoxy) is 1. The van der Waals surface area contributed by atoms with E-state index in [0.29, 0.717) is 13.1 Å². The van der Waals surface area contributed by atoms with Crippen molar-refractivity contribution in [2.24, 2.45) is 0 Å². The van der Waals surface area contributed by atoms with Gasteiger partial charge in [-0.2, -0.15) is 0 Å². The van der Waals surface area contributed by atoms with Crippen LogP contribution in [0.1, 0.15) is 72.1 Å². The standard InChI is InChI=1S/C30H48B2N2O5Si/c1-28(2,3)40(9,10)37-27(23-12-11-17-33-19-23)21-34(31(8)35)20-25-15-13-22-18-24(14-16-26(22)36-25)32-38-29(4,5)30(6,7)39-32/h11-12,14,16-19,25,27,35H,13,15,20-21H2,1-10H3/t25-,27+/m0/s1. The average molecular weight is 566 g/mol. The molecule has 0 spiro atoms. The second-order valence-electron chi connectivity index (χ2n) is 14.0. The van der Waals surface area contributed by atoms with Crippen molar-refractivity contribution in [1.82, 2.24) is 9.79 Å². The number of hydrogen-bond donors (Lipinski definition) is 1. The van der Waals surface area contributed by atoms with Crippen LogP contribution in [0.4, 0.5) is 0 Å². The predicted octanol–water partition coefficient (Wildman–Crippen LogP) is 5.25. The van der Waals surface area contributed by atoms with E-state index in [0.717, 1.165) is 29.6 Å². The van der Waals surface area contributed by atoms with E-state index in [4.69, 9.17) is 18.5 Å². The molecule has 2 aliphatic heterocycles. The fourth-order valence-corrected chi connectivity index (χ4v) is 6.16. The summed E-state index contributed by atoms with van der Waals surface area (Å²) < 4.78 is 25.9. The fourth-order valence-electron chi connectivity index (χ4n) is 4.88. The van der Waals surface area contributed by atoms with Crippen molar-refractivity contribution in [1.29, 1.82) is 0 Å². The number of benzene rings is 1. The summed E-state index contributed by atoms with van der Waals surface area (Å²) in [5.41, 5.74) is 2.47. The van der Waals surface area contributed by atoms with Gasteiger partial charge in [-0.15, -0.1) is 0 Å². The van der Waals surface area contributed by atoms with Gasteiger partial charge < -0.3 is 28.3 Å². The third kappa shape index (κ3) is 6.85. The van der Waals surface area contributed by atoms with E-state index in [9.17, 15) is 5.02 Å². The van der Waals surface area contributed by atoms with E-state index < -0.39 is 15.4 Å². The highest BCUT2D eigenvalue weighted by Gasteiger charge is 2.52. The van der Waals surface area contributed by atoms with Gasteiger partial charge in [0.1, 0.15) is 11.9 Å². The number of pyridine rings is 1. The molecule has 0 aliphatic carbocycles. The molecule has 10 heteroatoms. The van der Waals surface area contributed by atoms with E-state index in [1.165, 1.54) is 5.56 Å². The van der Waals surface area contributed by atoms with E-state index in [-0.39, 0.29) is 35.6 Å². The van der Waals surface area contributed by atoms with Crippen LogP contribution < -0.4 is 10.2 Å². The van der Waals surface area contributed by atoms with Gasteiger partial charge in [-0.05, 0) is 94.2 Å². The van der Waals surface area contributed by atoms with Gasteiger partial charge in [-0.1, -0.05) is 39.0 Å². The number of aromatic nitrogens is 1. The van der Waals surface area contributed by atoms with Gasteiger partial charge in [0, 0.05) is 25.5 Å². The summed E-state index contributed by atoms with van der Waals surface area (Å²) in [6.45, 7) is 22.5. The van der Waals surface area contributed by atoms with Crippen molar-refractivity contribution in [3.05, 3.63) is 53.9 Å². The maximum absolute atomic E-state index is 10.8. The lowest BCUT2D eigenvalue weighted by Gasteiger charge is -2.41. The lowest BCUT2D eigenvalue weighted by atomic mass is 9.77. The molecule has 2 aromatic rings. The third-order valence-electron chi connectivity index (χ3n) is 9.31. The Morgan fingerprint density at radius 2 is 1.85 bits per heavy atom. The lowest BCUT2D eigenvalue weighted by molar-refractivity contribution is 0.00578. The molecule has 3 heterocycles. The fraction of sp³-hybridized carbons (Fsp3) is 0.633. The first kappa shape index (κ1) is 31.3. The summed E-state index contributed by atoms with van der Waals surface area (Å²) in [5, 5.41) is 10.9. The maximum Gasteiger partial charge on any atom is 0.494 e. The highest BCUT2D eigenvalue weighted by Crippen LogP contribution is 2.40. The van der Waals surface area contributed by atoms with Crippen LogP contribution in [0.25, 0.3) is 0 Å². The summed E-state index contributed by atoms with van der Waals surface area (Å²) in [5.74, 6) is 0.892. The predicted molar refractivity (Wildman–Crippen MR) is 166 cm³/mol. The van der Waals surface area contributed by atoms with Crippen LogP contribution >= 0.6 is 0 Å². The van der Waals surface area contributed by atoms with Gasteiger partial charge in [0.25, 0.3) is 0 Å². The first-order chi connectivity index (χ1) is 18.5. The number of nitrogens with zero attached hydrogens (tertiary/aromatic N) is 2. The minimum Gasteiger partial charge on any atom is -0.489 e. The molecule has 1 saturated heterocycles. The zero-order valence-electron chi connectivity index (χ0n) is 26.2. The number of hydrogen-bond acceptors (Lipinski definition) is 7. The van der Waals surface area contributed by atoms with Gasteiger partial charge in [-0.3, -0.25) is 4.98 Å². The normalized spacial score (nSPS) is 21.2. The van der Waals surface area contributed by atoms with Crippen molar-refractivity contribution in [2.45, 2.75) is 110 Å². The van der Waals surface area contributed by atoms with E-state index in [2.05, 4.69) is 83.5 Å². The summed E-state index contributed by atoms with van der Waals surface area (Å²) in [6, 6.07) is 10.2. The summed E-state index contributed by atoms with van der Waals surface area (Å²) >= 11 is 0. The van der Waals surface area contributed by atoms with Gasteiger partial charge >= 0.3 is 14.2 Å². The lowest BCUT2D eigenvalue weighted by Crippen LogP contribution is -2.49. The maximum atomic E-state index is 10.8. The monoisotopic (exact) mass is 566 g/mol. The molecular formula is C30H48B2N2O5Si. The average Bonchev–Trinajstić information content (AvgIpc) is 3.09. The summed E-state index contributed by atoms with van der Waals surface area (Å²) in [4.78, 5) is 6.42. The molecule has 4 rings (SSSR count). The molecule has 1 aromatic carbocycles. The second kappa shape index (κ2) is 11.5. The van der Waals surface area contributed by atoms with E-state index in [1.807, 2.05) is 31.2 Å². The number of fused-ring (bicyclic) bond motifs is 1. The first-order valence-corrected chi connectivity index (χ1v) is 17.5. The Morgan fingerprint density at radius 1 is 1.18 bits per heavy atom. The largest absolute Gasteiger partial charge is 0.494 e. The Hall–Kier alpha value is -1.68. The van der Waals surface area contributed by atoms with Crippen molar-refractivity contribution < 1.29 is 23.5 Å². The zero-order chi connectivity index (χ0) is 29.5. The molecule has 0 unspecified atom stereocenters. The minimum atomic E-state index is -2.07. The van der Waals surface area contributed by atoms with Gasteiger partial charge in [0.05, 0.1) is 17.3 Å². The molecule has 2 aliphatic rings. The first-order valence-electron chi connectivity index (χ1n) is 14.6. The molecular weight excluding hydrogens is 518 g/mol. The summed E-state index contributed by atoms with van der Waals surface area (Å²) in [7, 11) is -3.10. The Balaban J connectivity index is 1.46.